The molecule has 0 amide bonds. The fourth-order valence-electron chi connectivity index (χ4n) is 2.08. The van der Waals surface area contributed by atoms with Gasteiger partial charge in [0.15, 0.2) is 6.29 Å². The highest BCUT2D eigenvalue weighted by atomic mass is 16.6. The maximum absolute atomic E-state index is 11.3. The lowest BCUT2D eigenvalue weighted by Gasteiger charge is -2.11. The molecule has 0 aliphatic heterocycles. The van der Waals surface area contributed by atoms with Gasteiger partial charge in [0.2, 0.25) is 11.5 Å². The average Bonchev–Trinajstić information content (AvgIpc) is 2.52. The predicted molar refractivity (Wildman–Crippen MR) is 81.3 cm³/mol. The summed E-state index contributed by atoms with van der Waals surface area (Å²) in [6.45, 7) is 2.16. The average molecular weight is 326 g/mol. The summed E-state index contributed by atoms with van der Waals surface area (Å²) in [5.74, 6) is -0.754. The molecule has 0 N–H and O–H groups in total. The minimum Gasteiger partial charge on any atom is -0.490 e. The van der Waals surface area contributed by atoms with E-state index in [1.807, 2.05) is 6.92 Å². The molecule has 1 aromatic carbocycles. The first kappa shape index (κ1) is 18.3. The number of carbonyl (C=O) groups excluding carboxylic acids is 1. The zero-order valence-corrected chi connectivity index (χ0v) is 12.9. The molecule has 9 heteroatoms. The lowest BCUT2D eigenvalue weighted by Crippen LogP contribution is -2.07. The summed E-state index contributed by atoms with van der Waals surface area (Å²) in [6.07, 6.45) is 3.65. The number of rotatable bonds is 10. The maximum atomic E-state index is 11.3. The highest BCUT2D eigenvalue weighted by molar-refractivity contribution is 5.90. The summed E-state index contributed by atoms with van der Waals surface area (Å²) in [7, 11) is 1.13. The van der Waals surface area contributed by atoms with Crippen LogP contribution in [0.2, 0.25) is 0 Å². The van der Waals surface area contributed by atoms with Crippen molar-refractivity contribution in [2.45, 2.75) is 32.6 Å². The molecule has 23 heavy (non-hydrogen) atoms. The molecular formula is C14H18N2O7. The van der Waals surface area contributed by atoms with E-state index in [0.717, 1.165) is 32.4 Å². The van der Waals surface area contributed by atoms with Crippen molar-refractivity contribution in [1.82, 2.24) is 0 Å². The molecule has 0 aliphatic carbocycles. The monoisotopic (exact) mass is 326 g/mol. The molecule has 0 bridgehead atoms. The molecule has 1 aromatic rings. The molecule has 0 aliphatic rings. The van der Waals surface area contributed by atoms with Crippen molar-refractivity contribution >= 4 is 17.7 Å². The van der Waals surface area contributed by atoms with Gasteiger partial charge in [-0.1, -0.05) is 26.2 Å². The SMILES string of the molecule is CCCCCCOc1c([N+](=O)[O-])cc(OC)c([N+](=O)[O-])c1C=O. The van der Waals surface area contributed by atoms with E-state index in [2.05, 4.69) is 0 Å². The van der Waals surface area contributed by atoms with E-state index in [4.69, 9.17) is 9.47 Å². The molecule has 0 saturated carbocycles. The van der Waals surface area contributed by atoms with Crippen LogP contribution in [0.4, 0.5) is 11.4 Å². The van der Waals surface area contributed by atoms with Gasteiger partial charge >= 0.3 is 11.4 Å². The first-order chi connectivity index (χ1) is 11.0. The quantitative estimate of drug-likeness (QED) is 0.280. The molecule has 0 spiro atoms. The van der Waals surface area contributed by atoms with Crippen molar-refractivity contribution in [3.8, 4) is 11.5 Å². The Bertz CT molecular complexity index is 601. The number of nitrogens with zero attached hydrogens (tertiary/aromatic N) is 2. The highest BCUT2D eigenvalue weighted by Crippen LogP contribution is 2.43. The van der Waals surface area contributed by atoms with Crippen molar-refractivity contribution in [2.24, 2.45) is 0 Å². The highest BCUT2D eigenvalue weighted by Gasteiger charge is 2.33. The number of nitro groups is 2. The van der Waals surface area contributed by atoms with E-state index in [1.165, 1.54) is 0 Å². The van der Waals surface area contributed by atoms with E-state index in [0.29, 0.717) is 6.42 Å². The van der Waals surface area contributed by atoms with E-state index in [1.54, 1.807) is 0 Å². The number of hydrogen-bond donors (Lipinski definition) is 0. The predicted octanol–water partition coefficient (Wildman–Crippen LogP) is 3.28. The van der Waals surface area contributed by atoms with E-state index in [9.17, 15) is 25.0 Å². The van der Waals surface area contributed by atoms with Crippen LogP contribution in [-0.4, -0.2) is 29.8 Å². The van der Waals surface area contributed by atoms with Gasteiger partial charge in [-0.3, -0.25) is 25.0 Å². The van der Waals surface area contributed by atoms with Crippen molar-refractivity contribution in [3.63, 3.8) is 0 Å². The first-order valence-electron chi connectivity index (χ1n) is 7.09. The smallest absolute Gasteiger partial charge is 0.325 e. The van der Waals surface area contributed by atoms with Crippen LogP contribution in [0.15, 0.2) is 6.07 Å². The van der Waals surface area contributed by atoms with Crippen LogP contribution in [0, 0.1) is 20.2 Å². The van der Waals surface area contributed by atoms with E-state index in [-0.39, 0.29) is 18.6 Å². The van der Waals surface area contributed by atoms with Gasteiger partial charge in [-0.05, 0) is 6.42 Å². The molecule has 0 aromatic heterocycles. The summed E-state index contributed by atoms with van der Waals surface area (Å²) >= 11 is 0. The Labute approximate surface area is 132 Å². The van der Waals surface area contributed by atoms with Crippen LogP contribution < -0.4 is 9.47 Å². The normalized spacial score (nSPS) is 10.2. The van der Waals surface area contributed by atoms with Crippen LogP contribution in [-0.2, 0) is 0 Å². The number of methoxy groups -OCH3 is 1. The van der Waals surface area contributed by atoms with E-state index < -0.39 is 32.5 Å². The number of hydrogen-bond acceptors (Lipinski definition) is 7. The summed E-state index contributed by atoms with van der Waals surface area (Å²) in [5, 5.41) is 22.3. The molecule has 0 heterocycles. The molecule has 126 valence electrons. The fraction of sp³-hybridized carbons (Fsp3) is 0.500. The second-order valence-electron chi connectivity index (χ2n) is 4.73. The van der Waals surface area contributed by atoms with E-state index >= 15 is 0 Å². The van der Waals surface area contributed by atoms with Gasteiger partial charge in [-0.15, -0.1) is 0 Å². The third-order valence-corrected chi connectivity index (χ3v) is 3.19. The number of unbranched alkanes of at least 4 members (excludes halogenated alkanes) is 3. The minimum absolute atomic E-state index is 0.130. The van der Waals surface area contributed by atoms with Crippen molar-refractivity contribution in [1.29, 1.82) is 0 Å². The topological polar surface area (TPSA) is 122 Å². The third-order valence-electron chi connectivity index (χ3n) is 3.19. The Morgan fingerprint density at radius 3 is 2.35 bits per heavy atom. The molecular weight excluding hydrogens is 308 g/mol. The zero-order chi connectivity index (χ0) is 17.4. The Hall–Kier alpha value is -2.71. The van der Waals surface area contributed by atoms with Gasteiger partial charge in [0.1, 0.15) is 5.56 Å². The first-order valence-corrected chi connectivity index (χ1v) is 7.09. The van der Waals surface area contributed by atoms with Gasteiger partial charge in [0.05, 0.1) is 29.6 Å². The van der Waals surface area contributed by atoms with Crippen LogP contribution >= 0.6 is 0 Å². The third kappa shape index (κ3) is 4.38. The fourth-order valence-corrected chi connectivity index (χ4v) is 2.08. The zero-order valence-electron chi connectivity index (χ0n) is 12.9. The molecule has 9 nitrogen and oxygen atoms in total. The van der Waals surface area contributed by atoms with Crippen molar-refractivity contribution in [2.75, 3.05) is 13.7 Å². The number of ether oxygens (including phenoxy) is 2. The van der Waals surface area contributed by atoms with Crippen LogP contribution in [0.5, 0.6) is 11.5 Å². The van der Waals surface area contributed by atoms with Gasteiger partial charge in [-0.25, -0.2) is 0 Å². The number of aldehydes is 1. The molecule has 0 fully saturated rings. The summed E-state index contributed by atoms with van der Waals surface area (Å²) in [5.41, 5.74) is -1.67. The second-order valence-corrected chi connectivity index (χ2v) is 4.73. The van der Waals surface area contributed by atoms with Gasteiger partial charge in [0, 0.05) is 0 Å². The molecule has 0 saturated heterocycles. The molecule has 0 radical (unpaired) electrons. The molecule has 0 atom stereocenters. The number of nitro benzene ring substituents is 2. The largest absolute Gasteiger partial charge is 0.490 e. The van der Waals surface area contributed by atoms with Gasteiger partial charge in [-0.2, -0.15) is 0 Å². The summed E-state index contributed by atoms with van der Waals surface area (Å²) < 4.78 is 10.1. The van der Waals surface area contributed by atoms with Crippen LogP contribution in [0.25, 0.3) is 0 Å². The molecule has 1 rings (SSSR count). The van der Waals surface area contributed by atoms with Crippen LogP contribution in [0.1, 0.15) is 43.0 Å². The number of carbonyl (C=O) groups is 1. The van der Waals surface area contributed by atoms with Gasteiger partial charge < -0.3 is 9.47 Å². The lowest BCUT2D eigenvalue weighted by atomic mass is 10.1. The van der Waals surface area contributed by atoms with Gasteiger partial charge in [0.25, 0.3) is 0 Å². The Morgan fingerprint density at radius 1 is 1.17 bits per heavy atom. The number of benzene rings is 1. The Morgan fingerprint density at radius 2 is 1.87 bits per heavy atom. The van der Waals surface area contributed by atoms with Crippen LogP contribution in [0.3, 0.4) is 0 Å². The lowest BCUT2D eigenvalue weighted by molar-refractivity contribution is -0.390. The van der Waals surface area contributed by atoms with Crippen molar-refractivity contribution < 1.29 is 24.1 Å². The summed E-state index contributed by atoms with van der Waals surface area (Å²) in [6, 6.07) is 0.895. The Kier molecular flexibility index (Phi) is 6.91. The Balaban J connectivity index is 3.28. The molecule has 0 unspecified atom stereocenters. The van der Waals surface area contributed by atoms with Crippen molar-refractivity contribution in [3.05, 3.63) is 31.9 Å². The summed E-state index contributed by atoms with van der Waals surface area (Å²) in [4.78, 5) is 32.0. The minimum atomic E-state index is -0.823. The second kappa shape index (κ2) is 8.66. The maximum Gasteiger partial charge on any atom is 0.325 e. The standard InChI is InChI=1S/C14H18N2O7/c1-3-4-5-6-7-23-14-10(9-17)13(16(20)21)12(22-2)8-11(14)15(18)19/h8-9H,3-7H2,1-2H3.